The molecule has 0 aromatic heterocycles. The van der Waals surface area contributed by atoms with Crippen LogP contribution in [0.1, 0.15) is 32.6 Å². The lowest BCUT2D eigenvalue weighted by Crippen LogP contribution is -2.55. The summed E-state index contributed by atoms with van der Waals surface area (Å²) in [5.41, 5.74) is 0. The summed E-state index contributed by atoms with van der Waals surface area (Å²) in [6, 6.07) is 0. The fourth-order valence-corrected chi connectivity index (χ4v) is 4.18. The van der Waals surface area contributed by atoms with Crippen molar-refractivity contribution < 1.29 is 9.53 Å². The van der Waals surface area contributed by atoms with Crippen molar-refractivity contribution in [1.29, 1.82) is 0 Å². The van der Waals surface area contributed by atoms with Gasteiger partial charge in [-0.05, 0) is 52.1 Å². The first kappa shape index (κ1) is 19.4. The molecule has 3 aliphatic heterocycles. The lowest BCUT2D eigenvalue weighted by molar-refractivity contribution is -0.142. The number of carbonyl (C=O) groups is 1. The number of hydrogen-bond donors (Lipinski definition) is 1. The summed E-state index contributed by atoms with van der Waals surface area (Å²) in [5, 5.41) is 3.44. The fourth-order valence-electron chi connectivity index (χ4n) is 4.18. The number of amides is 1. The molecule has 3 rings (SSSR count). The summed E-state index contributed by atoms with van der Waals surface area (Å²) in [4.78, 5) is 24.1. The Bertz CT molecular complexity index is 484. The molecule has 0 aromatic carbocycles. The van der Waals surface area contributed by atoms with Crippen molar-refractivity contribution in [3.63, 3.8) is 0 Å². The Morgan fingerprint density at radius 2 is 1.88 bits per heavy atom. The molecule has 0 aromatic rings. The van der Waals surface area contributed by atoms with Crippen molar-refractivity contribution in [2.75, 3.05) is 66.0 Å². The Kier molecular flexibility index (Phi) is 7.14. The lowest BCUT2D eigenvalue weighted by atomic mass is 9.99. The van der Waals surface area contributed by atoms with Gasteiger partial charge in [-0.2, -0.15) is 0 Å². The highest BCUT2D eigenvalue weighted by atomic mass is 16.5. The van der Waals surface area contributed by atoms with E-state index in [1.165, 1.54) is 19.4 Å². The quantitative estimate of drug-likeness (QED) is 0.585. The van der Waals surface area contributed by atoms with Crippen molar-refractivity contribution >= 4 is 11.9 Å². The van der Waals surface area contributed by atoms with Gasteiger partial charge in [0, 0.05) is 52.4 Å². The third kappa shape index (κ3) is 5.10. The van der Waals surface area contributed by atoms with Crippen LogP contribution < -0.4 is 5.32 Å². The Hall–Kier alpha value is -1.34. The average molecular weight is 366 g/mol. The number of likely N-dealkylation sites (tertiary alicyclic amines) is 1. The second-order valence-electron chi connectivity index (χ2n) is 7.78. The van der Waals surface area contributed by atoms with Gasteiger partial charge in [-0.15, -0.1) is 0 Å². The maximum atomic E-state index is 12.5. The summed E-state index contributed by atoms with van der Waals surface area (Å²) in [6.07, 6.45) is 4.23. The molecule has 0 bridgehead atoms. The molecule has 1 N–H and O–H groups in total. The molecule has 0 aliphatic carbocycles. The minimum atomic E-state index is -0.202. The number of guanidine groups is 1. The van der Waals surface area contributed by atoms with E-state index >= 15 is 0 Å². The smallest absolute Gasteiger partial charge is 0.251 e. The van der Waals surface area contributed by atoms with E-state index < -0.39 is 0 Å². The summed E-state index contributed by atoms with van der Waals surface area (Å²) < 4.78 is 5.55. The van der Waals surface area contributed by atoms with E-state index in [2.05, 4.69) is 29.1 Å². The predicted molar refractivity (Wildman–Crippen MR) is 103 cm³/mol. The van der Waals surface area contributed by atoms with Gasteiger partial charge in [-0.25, -0.2) is 0 Å². The number of piperazine rings is 1. The molecule has 7 heteroatoms. The maximum absolute atomic E-state index is 12.5. The average Bonchev–Trinajstić information content (AvgIpc) is 3.19. The Balaban J connectivity index is 1.50. The highest BCUT2D eigenvalue weighted by Gasteiger charge is 2.31. The molecule has 3 heterocycles. The lowest BCUT2D eigenvalue weighted by Gasteiger charge is -2.37. The number of hydrogen-bond acceptors (Lipinski definition) is 4. The number of nitrogens with zero attached hydrogens (tertiary/aromatic N) is 4. The SMILES string of the molecule is CCNC(=NCC1CCCN(C)C1)N1CCN(C(=O)C2CCCO2)CC1. The molecule has 2 unspecified atom stereocenters. The number of ether oxygens (including phenoxy) is 1. The van der Waals surface area contributed by atoms with E-state index in [0.717, 1.165) is 71.2 Å². The first-order chi connectivity index (χ1) is 12.7. The van der Waals surface area contributed by atoms with Gasteiger partial charge in [0.05, 0.1) is 0 Å². The zero-order valence-electron chi connectivity index (χ0n) is 16.5. The second kappa shape index (κ2) is 9.55. The third-order valence-corrected chi connectivity index (χ3v) is 5.65. The van der Waals surface area contributed by atoms with Gasteiger partial charge in [0.1, 0.15) is 6.10 Å². The molecule has 26 heavy (non-hydrogen) atoms. The fraction of sp³-hybridized carbons (Fsp3) is 0.895. The molecule has 3 saturated heterocycles. The highest BCUT2D eigenvalue weighted by Crippen LogP contribution is 2.17. The number of carbonyl (C=O) groups excluding carboxylic acids is 1. The van der Waals surface area contributed by atoms with E-state index in [1.807, 2.05) is 4.90 Å². The molecular formula is C19H35N5O2. The van der Waals surface area contributed by atoms with Crippen LogP contribution >= 0.6 is 0 Å². The summed E-state index contributed by atoms with van der Waals surface area (Å²) in [5.74, 6) is 1.84. The van der Waals surface area contributed by atoms with Crippen LogP contribution in [0.25, 0.3) is 0 Å². The second-order valence-corrected chi connectivity index (χ2v) is 7.78. The maximum Gasteiger partial charge on any atom is 0.251 e. The van der Waals surface area contributed by atoms with E-state index in [1.54, 1.807) is 0 Å². The van der Waals surface area contributed by atoms with Crippen LogP contribution in [0.3, 0.4) is 0 Å². The summed E-state index contributed by atoms with van der Waals surface area (Å²) >= 11 is 0. The minimum absolute atomic E-state index is 0.175. The van der Waals surface area contributed by atoms with Gasteiger partial charge in [0.15, 0.2) is 5.96 Å². The van der Waals surface area contributed by atoms with Gasteiger partial charge < -0.3 is 24.8 Å². The molecule has 0 saturated carbocycles. The van der Waals surface area contributed by atoms with Crippen LogP contribution in [0, 0.1) is 5.92 Å². The van der Waals surface area contributed by atoms with Crippen molar-refractivity contribution in [1.82, 2.24) is 20.0 Å². The van der Waals surface area contributed by atoms with Crippen molar-refractivity contribution in [2.24, 2.45) is 10.9 Å². The zero-order chi connectivity index (χ0) is 18.4. The van der Waals surface area contributed by atoms with Crippen LogP contribution in [-0.4, -0.2) is 98.7 Å². The molecule has 148 valence electrons. The van der Waals surface area contributed by atoms with Crippen molar-refractivity contribution in [2.45, 2.75) is 38.7 Å². The molecule has 3 fully saturated rings. The Morgan fingerprint density at radius 3 is 2.54 bits per heavy atom. The van der Waals surface area contributed by atoms with Crippen molar-refractivity contribution in [3.8, 4) is 0 Å². The zero-order valence-corrected chi connectivity index (χ0v) is 16.5. The van der Waals surface area contributed by atoms with Gasteiger partial charge in [-0.1, -0.05) is 0 Å². The molecule has 1 amide bonds. The normalized spacial score (nSPS) is 28.5. The monoisotopic (exact) mass is 365 g/mol. The van der Waals surface area contributed by atoms with Gasteiger partial charge >= 0.3 is 0 Å². The number of rotatable bonds is 4. The van der Waals surface area contributed by atoms with E-state index in [-0.39, 0.29) is 12.0 Å². The minimum Gasteiger partial charge on any atom is -0.368 e. The van der Waals surface area contributed by atoms with Gasteiger partial charge in [0.2, 0.25) is 0 Å². The molecular weight excluding hydrogens is 330 g/mol. The molecule has 0 spiro atoms. The van der Waals surface area contributed by atoms with Crippen molar-refractivity contribution in [3.05, 3.63) is 0 Å². The predicted octanol–water partition coefficient (Wildman–Crippen LogP) is 0.617. The van der Waals surface area contributed by atoms with E-state index in [9.17, 15) is 4.79 Å². The summed E-state index contributed by atoms with van der Waals surface area (Å²) in [6.45, 7) is 10.2. The number of piperidine rings is 1. The van der Waals surface area contributed by atoms with Crippen LogP contribution in [0.4, 0.5) is 0 Å². The first-order valence-electron chi connectivity index (χ1n) is 10.3. The first-order valence-corrected chi connectivity index (χ1v) is 10.3. The van der Waals surface area contributed by atoms with Gasteiger partial charge in [-0.3, -0.25) is 9.79 Å². The van der Waals surface area contributed by atoms with Crippen LogP contribution in [0.15, 0.2) is 4.99 Å². The van der Waals surface area contributed by atoms with Gasteiger partial charge in [0.25, 0.3) is 5.91 Å². The third-order valence-electron chi connectivity index (χ3n) is 5.65. The van der Waals surface area contributed by atoms with E-state index in [0.29, 0.717) is 5.92 Å². The number of nitrogens with one attached hydrogen (secondary N) is 1. The molecule has 2 atom stereocenters. The van der Waals surface area contributed by atoms with Crippen LogP contribution in [-0.2, 0) is 9.53 Å². The Morgan fingerprint density at radius 1 is 1.12 bits per heavy atom. The van der Waals surface area contributed by atoms with Crippen LogP contribution in [0.5, 0.6) is 0 Å². The molecule has 7 nitrogen and oxygen atoms in total. The van der Waals surface area contributed by atoms with Crippen LogP contribution in [0.2, 0.25) is 0 Å². The largest absolute Gasteiger partial charge is 0.368 e. The topological polar surface area (TPSA) is 60.4 Å². The highest BCUT2D eigenvalue weighted by molar-refractivity contribution is 5.82. The number of aliphatic imine (C=N–C) groups is 1. The molecule has 3 aliphatic rings. The summed E-state index contributed by atoms with van der Waals surface area (Å²) in [7, 11) is 2.20. The van der Waals surface area contributed by atoms with E-state index in [4.69, 9.17) is 9.73 Å². The Labute approximate surface area is 157 Å². The molecule has 0 radical (unpaired) electrons. The standard InChI is InChI=1S/C19H35N5O2/c1-3-20-19(21-14-16-6-4-8-22(2)15-16)24-11-9-23(10-12-24)18(25)17-7-5-13-26-17/h16-17H,3-15H2,1-2H3,(H,20,21).